The lowest BCUT2D eigenvalue weighted by atomic mass is 10.1. The molecule has 8 heteroatoms. The van der Waals surface area contributed by atoms with Gasteiger partial charge in [0.1, 0.15) is 6.10 Å². The van der Waals surface area contributed by atoms with Gasteiger partial charge in [-0.1, -0.05) is 24.3 Å². The van der Waals surface area contributed by atoms with E-state index >= 15 is 0 Å². The molecular weight excluding hydrogens is 479 g/mol. The van der Waals surface area contributed by atoms with E-state index < -0.39 is 0 Å². The number of halogens is 1. The number of aromatic nitrogens is 3. The molecule has 3 heterocycles. The van der Waals surface area contributed by atoms with Gasteiger partial charge < -0.3 is 15.0 Å². The Balaban J connectivity index is 0.00000240. The van der Waals surface area contributed by atoms with Gasteiger partial charge in [-0.05, 0) is 18.4 Å². The number of rotatable bonds is 4. The van der Waals surface area contributed by atoms with Crippen LogP contribution < -0.4 is 5.32 Å². The molecule has 1 aromatic carbocycles. The van der Waals surface area contributed by atoms with E-state index in [0.29, 0.717) is 13.2 Å². The maximum Gasteiger partial charge on any atom is 0.194 e. The second-order valence-corrected chi connectivity index (χ2v) is 6.90. The van der Waals surface area contributed by atoms with Crippen LogP contribution in [0.4, 0.5) is 0 Å². The number of hydrogen-bond donors (Lipinski definition) is 1. The Kier molecular flexibility index (Phi) is 7.43. The molecular formula is C21H27IN6O. The first-order valence-electron chi connectivity index (χ1n) is 9.70. The van der Waals surface area contributed by atoms with Crippen LogP contribution >= 0.6 is 24.0 Å². The Hall–Kier alpha value is -2.20. The van der Waals surface area contributed by atoms with Gasteiger partial charge in [-0.25, -0.2) is 4.99 Å². The second kappa shape index (κ2) is 10.0. The SMILES string of the molecule is CCNC(=NCc1nccc2ccccc12)N1CCOC(c2cnn(C)c2)C1.I. The first-order valence-corrected chi connectivity index (χ1v) is 9.70. The topological polar surface area (TPSA) is 67.6 Å². The van der Waals surface area contributed by atoms with Crippen molar-refractivity contribution in [3.8, 4) is 0 Å². The fourth-order valence-corrected chi connectivity index (χ4v) is 3.53. The number of ether oxygens (including phenoxy) is 1. The highest BCUT2D eigenvalue weighted by molar-refractivity contribution is 14.0. The van der Waals surface area contributed by atoms with E-state index in [1.165, 1.54) is 5.39 Å². The van der Waals surface area contributed by atoms with Gasteiger partial charge in [0.2, 0.25) is 0 Å². The number of hydrogen-bond acceptors (Lipinski definition) is 4. The second-order valence-electron chi connectivity index (χ2n) is 6.90. The molecule has 154 valence electrons. The number of nitrogens with one attached hydrogen (secondary N) is 1. The first kappa shape index (κ1) is 21.5. The summed E-state index contributed by atoms with van der Waals surface area (Å²) in [7, 11) is 1.92. The summed E-state index contributed by atoms with van der Waals surface area (Å²) >= 11 is 0. The summed E-state index contributed by atoms with van der Waals surface area (Å²) in [6.45, 7) is 5.67. The number of morpholine rings is 1. The molecule has 4 rings (SSSR count). The normalized spacial score (nSPS) is 17.2. The lowest BCUT2D eigenvalue weighted by Crippen LogP contribution is -2.48. The van der Waals surface area contributed by atoms with Crippen LogP contribution in [0, 0.1) is 0 Å². The van der Waals surface area contributed by atoms with Crippen LogP contribution in [-0.4, -0.2) is 51.9 Å². The predicted molar refractivity (Wildman–Crippen MR) is 125 cm³/mol. The molecule has 0 amide bonds. The Labute approximate surface area is 188 Å². The van der Waals surface area contributed by atoms with E-state index in [1.807, 2.05) is 48.5 Å². The average Bonchev–Trinajstić information content (AvgIpc) is 3.17. The number of pyridine rings is 1. The van der Waals surface area contributed by atoms with Crippen molar-refractivity contribution in [2.75, 3.05) is 26.2 Å². The number of fused-ring (bicyclic) bond motifs is 1. The van der Waals surface area contributed by atoms with Crippen LogP contribution in [-0.2, 0) is 18.3 Å². The third-order valence-corrected chi connectivity index (χ3v) is 4.93. The van der Waals surface area contributed by atoms with Crippen LogP contribution in [0.2, 0.25) is 0 Å². The van der Waals surface area contributed by atoms with Crippen molar-refractivity contribution in [2.24, 2.45) is 12.0 Å². The van der Waals surface area contributed by atoms with Crippen LogP contribution in [0.5, 0.6) is 0 Å². The van der Waals surface area contributed by atoms with Crippen LogP contribution in [0.25, 0.3) is 10.8 Å². The van der Waals surface area contributed by atoms with E-state index in [4.69, 9.17) is 9.73 Å². The van der Waals surface area contributed by atoms with Crippen molar-refractivity contribution in [3.63, 3.8) is 0 Å². The van der Waals surface area contributed by atoms with Gasteiger partial charge in [-0.15, -0.1) is 24.0 Å². The van der Waals surface area contributed by atoms with Gasteiger partial charge in [0, 0.05) is 43.5 Å². The van der Waals surface area contributed by atoms with Gasteiger partial charge >= 0.3 is 0 Å². The monoisotopic (exact) mass is 506 g/mol. The summed E-state index contributed by atoms with van der Waals surface area (Å²) in [6.07, 6.45) is 5.74. The van der Waals surface area contributed by atoms with Crippen molar-refractivity contribution >= 4 is 40.7 Å². The molecule has 2 aromatic heterocycles. The molecule has 3 aromatic rings. The van der Waals surface area contributed by atoms with Gasteiger partial charge in [0.15, 0.2) is 5.96 Å². The minimum atomic E-state index is 0. The summed E-state index contributed by atoms with van der Waals surface area (Å²) in [5, 5.41) is 10.0. The zero-order valence-corrected chi connectivity index (χ0v) is 19.1. The number of benzene rings is 1. The first-order chi connectivity index (χ1) is 13.7. The standard InChI is InChI=1S/C21H26N6O.HI/c1-3-22-21(24-13-19-18-7-5-4-6-16(18)8-9-23-19)27-10-11-28-20(15-27)17-12-25-26(2)14-17;/h4-9,12,14,20H,3,10-11,13,15H2,1-2H3,(H,22,24);1H. The number of aliphatic imine (C=N–C) groups is 1. The Morgan fingerprint density at radius 2 is 2.17 bits per heavy atom. The van der Waals surface area contributed by atoms with E-state index in [9.17, 15) is 0 Å². The zero-order valence-electron chi connectivity index (χ0n) is 16.8. The molecule has 0 spiro atoms. The van der Waals surface area contributed by atoms with E-state index in [1.54, 1.807) is 0 Å². The highest BCUT2D eigenvalue weighted by atomic mass is 127. The van der Waals surface area contributed by atoms with Crippen molar-refractivity contribution in [1.29, 1.82) is 0 Å². The van der Waals surface area contributed by atoms with Crippen LogP contribution in [0.1, 0.15) is 24.3 Å². The molecule has 0 radical (unpaired) electrons. The maximum atomic E-state index is 5.97. The molecule has 1 atom stereocenters. The molecule has 1 aliphatic heterocycles. The van der Waals surface area contributed by atoms with E-state index in [0.717, 1.165) is 42.2 Å². The molecule has 0 bridgehead atoms. The fourth-order valence-electron chi connectivity index (χ4n) is 3.53. The summed E-state index contributed by atoms with van der Waals surface area (Å²) in [5.74, 6) is 0.898. The summed E-state index contributed by atoms with van der Waals surface area (Å²) in [5.41, 5.74) is 2.09. The van der Waals surface area contributed by atoms with Gasteiger partial charge in [0.05, 0.1) is 31.6 Å². The Morgan fingerprint density at radius 1 is 1.31 bits per heavy atom. The van der Waals surface area contributed by atoms with Crippen molar-refractivity contribution in [2.45, 2.75) is 19.6 Å². The van der Waals surface area contributed by atoms with Crippen molar-refractivity contribution < 1.29 is 4.74 Å². The van der Waals surface area contributed by atoms with Crippen LogP contribution in [0.3, 0.4) is 0 Å². The van der Waals surface area contributed by atoms with Gasteiger partial charge in [-0.3, -0.25) is 9.67 Å². The highest BCUT2D eigenvalue weighted by Crippen LogP contribution is 2.22. The van der Waals surface area contributed by atoms with E-state index in [-0.39, 0.29) is 30.1 Å². The molecule has 1 saturated heterocycles. The zero-order chi connectivity index (χ0) is 19.3. The minimum Gasteiger partial charge on any atom is -0.370 e. The maximum absolute atomic E-state index is 5.97. The third kappa shape index (κ3) is 5.05. The van der Waals surface area contributed by atoms with Crippen LogP contribution in [0.15, 0.2) is 53.9 Å². The summed E-state index contributed by atoms with van der Waals surface area (Å²) in [6, 6.07) is 10.3. The summed E-state index contributed by atoms with van der Waals surface area (Å²) < 4.78 is 7.77. The molecule has 7 nitrogen and oxygen atoms in total. The molecule has 1 unspecified atom stereocenters. The lowest BCUT2D eigenvalue weighted by molar-refractivity contribution is -0.00805. The number of nitrogens with zero attached hydrogens (tertiary/aromatic N) is 5. The predicted octanol–water partition coefficient (Wildman–Crippen LogP) is 3.13. The smallest absolute Gasteiger partial charge is 0.194 e. The lowest BCUT2D eigenvalue weighted by Gasteiger charge is -2.34. The largest absolute Gasteiger partial charge is 0.370 e. The Bertz CT molecular complexity index is 967. The fraction of sp³-hybridized carbons (Fsp3) is 0.381. The molecule has 1 N–H and O–H groups in total. The molecule has 0 saturated carbocycles. The minimum absolute atomic E-state index is 0. The molecule has 29 heavy (non-hydrogen) atoms. The van der Waals surface area contributed by atoms with Gasteiger partial charge in [-0.2, -0.15) is 5.10 Å². The molecule has 0 aliphatic carbocycles. The van der Waals surface area contributed by atoms with E-state index in [2.05, 4.69) is 39.4 Å². The summed E-state index contributed by atoms with van der Waals surface area (Å²) in [4.78, 5) is 11.7. The number of guanidine groups is 1. The van der Waals surface area contributed by atoms with Gasteiger partial charge in [0.25, 0.3) is 0 Å². The Morgan fingerprint density at radius 3 is 2.97 bits per heavy atom. The quantitative estimate of drug-likeness (QED) is 0.335. The van der Waals surface area contributed by atoms with Crippen molar-refractivity contribution in [3.05, 3.63) is 60.2 Å². The average molecular weight is 506 g/mol. The molecule has 1 fully saturated rings. The number of aryl methyl sites for hydroxylation is 1. The highest BCUT2D eigenvalue weighted by Gasteiger charge is 2.25. The third-order valence-electron chi connectivity index (χ3n) is 4.93. The molecule has 1 aliphatic rings. The van der Waals surface area contributed by atoms with Crippen molar-refractivity contribution in [1.82, 2.24) is 25.0 Å².